The lowest BCUT2D eigenvalue weighted by Crippen LogP contribution is -2.08. The number of nitro groups is 1. The van der Waals surface area contributed by atoms with Crippen LogP contribution < -0.4 is 16.0 Å². The van der Waals surface area contributed by atoms with E-state index in [4.69, 9.17) is 10.6 Å². The van der Waals surface area contributed by atoms with Crippen LogP contribution in [0.25, 0.3) is 0 Å². The average Bonchev–Trinajstić information content (AvgIpc) is 2.46. The molecule has 0 bridgehead atoms. The highest BCUT2D eigenvalue weighted by Crippen LogP contribution is 2.28. The zero-order valence-electron chi connectivity index (χ0n) is 10.9. The van der Waals surface area contributed by atoms with Crippen molar-refractivity contribution in [1.82, 2.24) is 4.98 Å². The number of nitrogens with one attached hydrogen (secondary N) is 1. The van der Waals surface area contributed by atoms with Gasteiger partial charge >= 0.3 is 5.69 Å². The van der Waals surface area contributed by atoms with E-state index in [1.165, 1.54) is 6.07 Å². The molecule has 3 N–H and O–H groups in total. The number of nitrogens with two attached hydrogens (primary N) is 1. The normalized spacial score (nSPS) is 10.1. The number of aromatic nitrogens is 1. The summed E-state index contributed by atoms with van der Waals surface area (Å²) in [5, 5.41) is 11.0. The molecule has 7 heteroatoms. The maximum atomic E-state index is 11.0. The van der Waals surface area contributed by atoms with E-state index in [9.17, 15) is 10.1 Å². The number of hydrazine groups is 1. The van der Waals surface area contributed by atoms with Crippen molar-refractivity contribution in [3.05, 3.63) is 57.9 Å². The third-order valence-corrected chi connectivity index (χ3v) is 2.67. The van der Waals surface area contributed by atoms with Crippen LogP contribution in [0.3, 0.4) is 0 Å². The molecule has 2 rings (SSSR count). The predicted molar refractivity (Wildman–Crippen MR) is 74.2 cm³/mol. The van der Waals surface area contributed by atoms with Gasteiger partial charge in [0, 0.05) is 12.3 Å². The molecule has 0 spiro atoms. The Bertz CT molecular complexity index is 631. The van der Waals surface area contributed by atoms with Crippen molar-refractivity contribution in [1.29, 1.82) is 0 Å². The standard InChI is InChI=1S/C13H14N4O3/c1-9-2-3-13(12(6-9)17(18)19)20-8-11-7-10(16-14)4-5-15-11/h2-7H,8,14H2,1H3,(H,15,16). The van der Waals surface area contributed by atoms with Gasteiger partial charge < -0.3 is 10.2 Å². The van der Waals surface area contributed by atoms with Crippen LogP contribution in [0, 0.1) is 17.0 Å². The number of nitrogen functional groups attached to an aromatic ring is 1. The van der Waals surface area contributed by atoms with Crippen LogP contribution in [0.4, 0.5) is 11.4 Å². The van der Waals surface area contributed by atoms with E-state index >= 15 is 0 Å². The first-order valence-electron chi connectivity index (χ1n) is 5.89. The van der Waals surface area contributed by atoms with Crippen LogP contribution >= 0.6 is 0 Å². The van der Waals surface area contributed by atoms with Crippen LogP contribution in [0.1, 0.15) is 11.3 Å². The summed E-state index contributed by atoms with van der Waals surface area (Å²) in [6, 6.07) is 8.23. The molecule has 0 amide bonds. The Morgan fingerprint density at radius 2 is 2.20 bits per heavy atom. The minimum Gasteiger partial charge on any atom is -0.480 e. The molecular weight excluding hydrogens is 260 g/mol. The molecule has 0 atom stereocenters. The van der Waals surface area contributed by atoms with E-state index in [1.807, 2.05) is 0 Å². The van der Waals surface area contributed by atoms with Gasteiger partial charge in [-0.2, -0.15) is 0 Å². The van der Waals surface area contributed by atoms with Gasteiger partial charge in [-0.3, -0.25) is 20.9 Å². The molecule has 0 saturated carbocycles. The largest absolute Gasteiger partial charge is 0.480 e. The maximum absolute atomic E-state index is 11.0. The molecule has 0 unspecified atom stereocenters. The fraction of sp³-hybridized carbons (Fsp3) is 0.154. The molecule has 0 aliphatic heterocycles. The Labute approximate surface area is 115 Å². The number of aryl methyl sites for hydroxylation is 1. The lowest BCUT2D eigenvalue weighted by molar-refractivity contribution is -0.386. The van der Waals surface area contributed by atoms with Crippen molar-refractivity contribution in [2.45, 2.75) is 13.5 Å². The molecule has 0 aliphatic rings. The zero-order valence-corrected chi connectivity index (χ0v) is 10.9. The maximum Gasteiger partial charge on any atom is 0.311 e. The van der Waals surface area contributed by atoms with E-state index in [-0.39, 0.29) is 18.0 Å². The lowest BCUT2D eigenvalue weighted by Gasteiger charge is -2.08. The Kier molecular flexibility index (Phi) is 4.11. The van der Waals surface area contributed by atoms with Crippen molar-refractivity contribution in [3.8, 4) is 5.75 Å². The second kappa shape index (κ2) is 5.98. The molecule has 1 aromatic carbocycles. The summed E-state index contributed by atoms with van der Waals surface area (Å²) >= 11 is 0. The number of nitrogens with zero attached hydrogens (tertiary/aromatic N) is 2. The number of benzene rings is 1. The number of pyridine rings is 1. The summed E-state index contributed by atoms with van der Waals surface area (Å²) < 4.78 is 5.47. The van der Waals surface area contributed by atoms with Crippen molar-refractivity contribution in [2.24, 2.45) is 5.84 Å². The van der Waals surface area contributed by atoms with Gasteiger partial charge in [-0.15, -0.1) is 0 Å². The van der Waals surface area contributed by atoms with Crippen LogP contribution in [0.5, 0.6) is 5.75 Å². The van der Waals surface area contributed by atoms with Crippen molar-refractivity contribution in [3.63, 3.8) is 0 Å². The SMILES string of the molecule is Cc1ccc(OCc2cc(NN)ccn2)c([N+](=O)[O-])c1. The Morgan fingerprint density at radius 1 is 1.40 bits per heavy atom. The van der Waals surface area contributed by atoms with Crippen molar-refractivity contribution < 1.29 is 9.66 Å². The molecule has 0 fully saturated rings. The molecule has 104 valence electrons. The van der Waals surface area contributed by atoms with E-state index in [2.05, 4.69) is 10.4 Å². The Balaban J connectivity index is 2.16. The average molecular weight is 274 g/mol. The van der Waals surface area contributed by atoms with Crippen LogP contribution in [-0.2, 0) is 6.61 Å². The number of hydrogen-bond donors (Lipinski definition) is 2. The molecule has 0 radical (unpaired) electrons. The number of ether oxygens (including phenoxy) is 1. The van der Waals surface area contributed by atoms with Gasteiger partial charge in [0.2, 0.25) is 0 Å². The second-order valence-corrected chi connectivity index (χ2v) is 4.20. The van der Waals surface area contributed by atoms with Crippen LogP contribution in [-0.4, -0.2) is 9.91 Å². The summed E-state index contributed by atoms with van der Waals surface area (Å²) in [5.41, 5.74) is 4.56. The van der Waals surface area contributed by atoms with Gasteiger partial charge in [-0.1, -0.05) is 6.07 Å². The molecule has 1 heterocycles. The first-order valence-corrected chi connectivity index (χ1v) is 5.89. The van der Waals surface area contributed by atoms with Crippen LogP contribution in [0.15, 0.2) is 36.5 Å². The van der Waals surface area contributed by atoms with E-state index in [0.717, 1.165) is 5.56 Å². The van der Waals surface area contributed by atoms with Crippen LogP contribution in [0.2, 0.25) is 0 Å². The number of nitro benzene ring substituents is 1. The topological polar surface area (TPSA) is 103 Å². The van der Waals surface area contributed by atoms with Gasteiger partial charge in [-0.25, -0.2) is 0 Å². The molecule has 2 aromatic rings. The lowest BCUT2D eigenvalue weighted by atomic mass is 10.2. The Morgan fingerprint density at radius 3 is 2.90 bits per heavy atom. The summed E-state index contributed by atoms with van der Waals surface area (Å²) in [7, 11) is 0. The minimum atomic E-state index is -0.465. The molecule has 1 aromatic heterocycles. The van der Waals surface area contributed by atoms with Gasteiger partial charge in [0.05, 0.1) is 16.3 Å². The number of hydrogen-bond acceptors (Lipinski definition) is 6. The van der Waals surface area contributed by atoms with Crippen molar-refractivity contribution >= 4 is 11.4 Å². The second-order valence-electron chi connectivity index (χ2n) is 4.20. The predicted octanol–water partition coefficient (Wildman–Crippen LogP) is 2.16. The fourth-order valence-electron chi connectivity index (χ4n) is 1.69. The summed E-state index contributed by atoms with van der Waals surface area (Å²) in [4.78, 5) is 14.6. The van der Waals surface area contributed by atoms with E-state index in [0.29, 0.717) is 11.4 Å². The van der Waals surface area contributed by atoms with E-state index < -0.39 is 4.92 Å². The monoisotopic (exact) mass is 274 g/mol. The van der Waals surface area contributed by atoms with Crippen molar-refractivity contribution in [2.75, 3.05) is 5.43 Å². The fourth-order valence-corrected chi connectivity index (χ4v) is 1.69. The number of anilines is 1. The first-order chi connectivity index (χ1) is 9.60. The summed E-state index contributed by atoms with van der Waals surface area (Å²) in [6.45, 7) is 1.91. The van der Waals surface area contributed by atoms with Gasteiger partial charge in [-0.05, 0) is 30.7 Å². The Hall–Kier alpha value is -2.67. The molecule has 7 nitrogen and oxygen atoms in total. The first kappa shape index (κ1) is 13.8. The zero-order chi connectivity index (χ0) is 14.5. The highest BCUT2D eigenvalue weighted by Gasteiger charge is 2.15. The smallest absolute Gasteiger partial charge is 0.311 e. The van der Waals surface area contributed by atoms with Gasteiger partial charge in [0.15, 0.2) is 5.75 Å². The van der Waals surface area contributed by atoms with E-state index in [1.54, 1.807) is 37.4 Å². The highest BCUT2D eigenvalue weighted by molar-refractivity contribution is 5.48. The molecule has 0 saturated heterocycles. The highest BCUT2D eigenvalue weighted by atomic mass is 16.6. The molecular formula is C13H14N4O3. The molecule has 20 heavy (non-hydrogen) atoms. The van der Waals surface area contributed by atoms with Gasteiger partial charge in [0.1, 0.15) is 6.61 Å². The quantitative estimate of drug-likeness (QED) is 0.492. The third-order valence-electron chi connectivity index (χ3n) is 2.67. The molecule has 0 aliphatic carbocycles. The minimum absolute atomic E-state index is 0.0573. The third kappa shape index (κ3) is 3.21. The summed E-state index contributed by atoms with van der Waals surface area (Å²) in [6.07, 6.45) is 1.58. The van der Waals surface area contributed by atoms with Gasteiger partial charge in [0.25, 0.3) is 0 Å². The summed E-state index contributed by atoms with van der Waals surface area (Å²) in [5.74, 6) is 5.51. The number of rotatable bonds is 5.